The van der Waals surface area contributed by atoms with Gasteiger partial charge >= 0.3 is 0 Å². The molecule has 0 fully saturated rings. The lowest BCUT2D eigenvalue weighted by Gasteiger charge is -2.08. The lowest BCUT2D eigenvalue weighted by Crippen LogP contribution is -2.14. The first-order valence-corrected chi connectivity index (χ1v) is 6.39. The van der Waals surface area contributed by atoms with Gasteiger partial charge in [-0.3, -0.25) is 4.79 Å². The summed E-state index contributed by atoms with van der Waals surface area (Å²) < 4.78 is 14.2. The molecule has 0 aliphatic carbocycles. The van der Waals surface area contributed by atoms with Crippen molar-refractivity contribution >= 4 is 33.2 Å². The number of nitrogen functional groups attached to an aromatic ring is 1. The van der Waals surface area contributed by atoms with Gasteiger partial charge in [0.25, 0.3) is 5.91 Å². The number of carbonyl (C=O) groups excluding carboxylic acids is 1. The van der Waals surface area contributed by atoms with E-state index >= 15 is 0 Å². The molecule has 0 saturated heterocycles. The van der Waals surface area contributed by atoms with Gasteiger partial charge in [0.2, 0.25) is 0 Å². The van der Waals surface area contributed by atoms with Crippen molar-refractivity contribution in [3.63, 3.8) is 0 Å². The molecule has 0 aliphatic heterocycles. The second-order valence-corrected chi connectivity index (χ2v) is 5.07. The van der Waals surface area contributed by atoms with Crippen LogP contribution in [0.25, 0.3) is 0 Å². The minimum atomic E-state index is -0.569. The van der Waals surface area contributed by atoms with E-state index in [4.69, 9.17) is 5.73 Å². The molecule has 98 valence electrons. The van der Waals surface area contributed by atoms with Crippen LogP contribution in [0.3, 0.4) is 0 Å². The molecule has 3 nitrogen and oxygen atoms in total. The van der Waals surface area contributed by atoms with Crippen molar-refractivity contribution in [1.82, 2.24) is 0 Å². The maximum absolute atomic E-state index is 13.6. The van der Waals surface area contributed by atoms with Gasteiger partial charge in [0.05, 0.1) is 5.56 Å². The van der Waals surface area contributed by atoms with Crippen LogP contribution in [-0.2, 0) is 0 Å². The molecular weight excluding hydrogens is 311 g/mol. The second-order valence-electron chi connectivity index (χ2n) is 4.15. The van der Waals surface area contributed by atoms with E-state index in [9.17, 15) is 9.18 Å². The second kappa shape index (κ2) is 5.40. The quantitative estimate of drug-likeness (QED) is 0.828. The van der Waals surface area contributed by atoms with Crippen LogP contribution in [0.5, 0.6) is 0 Å². The molecular formula is C14H12BrFN2O. The molecule has 1 amide bonds. The molecule has 19 heavy (non-hydrogen) atoms. The van der Waals surface area contributed by atoms with E-state index in [0.717, 1.165) is 5.56 Å². The molecule has 0 atom stereocenters. The van der Waals surface area contributed by atoms with Crippen LogP contribution < -0.4 is 11.1 Å². The van der Waals surface area contributed by atoms with Crippen molar-refractivity contribution in [2.75, 3.05) is 11.1 Å². The van der Waals surface area contributed by atoms with Crippen LogP contribution >= 0.6 is 15.9 Å². The van der Waals surface area contributed by atoms with E-state index in [1.54, 1.807) is 18.2 Å². The lowest BCUT2D eigenvalue weighted by molar-refractivity contribution is 0.102. The molecule has 0 aromatic heterocycles. The molecule has 0 saturated carbocycles. The maximum atomic E-state index is 13.6. The predicted molar refractivity (Wildman–Crippen MR) is 77.6 cm³/mol. The summed E-state index contributed by atoms with van der Waals surface area (Å²) in [5, 5.41) is 2.61. The standard InChI is InChI=1S/C14H12BrFN2O/c1-8-2-4-10(7-13(8)17)18-14(19)11-6-9(15)3-5-12(11)16/h2-7H,17H2,1H3,(H,18,19). The van der Waals surface area contributed by atoms with Gasteiger partial charge < -0.3 is 11.1 Å². The van der Waals surface area contributed by atoms with Crippen molar-refractivity contribution in [3.05, 3.63) is 57.8 Å². The molecule has 0 unspecified atom stereocenters. The highest BCUT2D eigenvalue weighted by atomic mass is 79.9. The third-order valence-electron chi connectivity index (χ3n) is 2.71. The van der Waals surface area contributed by atoms with Crippen LogP contribution in [-0.4, -0.2) is 5.91 Å². The summed E-state index contributed by atoms with van der Waals surface area (Å²) in [4.78, 5) is 12.0. The molecule has 2 aromatic rings. The minimum Gasteiger partial charge on any atom is -0.398 e. The number of hydrogen-bond donors (Lipinski definition) is 2. The summed E-state index contributed by atoms with van der Waals surface area (Å²) in [5.41, 5.74) is 7.77. The van der Waals surface area contributed by atoms with Gasteiger partial charge in [0, 0.05) is 15.8 Å². The zero-order valence-corrected chi connectivity index (χ0v) is 11.8. The van der Waals surface area contributed by atoms with Crippen LogP contribution in [0.15, 0.2) is 40.9 Å². The van der Waals surface area contributed by atoms with Crippen molar-refractivity contribution < 1.29 is 9.18 Å². The van der Waals surface area contributed by atoms with Crippen molar-refractivity contribution in [1.29, 1.82) is 0 Å². The Morgan fingerprint density at radius 1 is 1.26 bits per heavy atom. The lowest BCUT2D eigenvalue weighted by atomic mass is 10.1. The van der Waals surface area contributed by atoms with Gasteiger partial charge in [-0.15, -0.1) is 0 Å². The topological polar surface area (TPSA) is 55.1 Å². The number of rotatable bonds is 2. The summed E-state index contributed by atoms with van der Waals surface area (Å²) >= 11 is 3.20. The average Bonchev–Trinajstić information content (AvgIpc) is 2.36. The smallest absolute Gasteiger partial charge is 0.258 e. The third-order valence-corrected chi connectivity index (χ3v) is 3.20. The first-order valence-electron chi connectivity index (χ1n) is 5.60. The summed E-state index contributed by atoms with van der Waals surface area (Å²) in [5.74, 6) is -1.08. The van der Waals surface area contributed by atoms with Crippen LogP contribution in [0, 0.1) is 12.7 Å². The summed E-state index contributed by atoms with van der Waals surface area (Å²) in [7, 11) is 0. The largest absolute Gasteiger partial charge is 0.398 e. The van der Waals surface area contributed by atoms with Gasteiger partial charge in [-0.25, -0.2) is 4.39 Å². The fraction of sp³-hybridized carbons (Fsp3) is 0.0714. The molecule has 0 radical (unpaired) electrons. The highest BCUT2D eigenvalue weighted by molar-refractivity contribution is 9.10. The fourth-order valence-corrected chi connectivity index (χ4v) is 1.95. The van der Waals surface area contributed by atoms with E-state index in [2.05, 4.69) is 21.2 Å². The number of aryl methyl sites for hydroxylation is 1. The third kappa shape index (κ3) is 3.12. The van der Waals surface area contributed by atoms with E-state index in [1.165, 1.54) is 18.2 Å². The van der Waals surface area contributed by atoms with Gasteiger partial charge in [-0.2, -0.15) is 0 Å². The van der Waals surface area contributed by atoms with Crippen molar-refractivity contribution in [3.8, 4) is 0 Å². The molecule has 2 aromatic carbocycles. The number of halogens is 2. The number of carbonyl (C=O) groups is 1. The monoisotopic (exact) mass is 322 g/mol. The Morgan fingerprint density at radius 2 is 2.00 bits per heavy atom. The van der Waals surface area contributed by atoms with Gasteiger partial charge in [0.15, 0.2) is 0 Å². The maximum Gasteiger partial charge on any atom is 0.258 e. The Bertz CT molecular complexity index is 643. The van der Waals surface area contributed by atoms with E-state index in [0.29, 0.717) is 15.8 Å². The summed E-state index contributed by atoms with van der Waals surface area (Å²) in [6, 6.07) is 9.37. The molecule has 0 bridgehead atoms. The number of anilines is 2. The van der Waals surface area contributed by atoms with Crippen molar-refractivity contribution in [2.24, 2.45) is 0 Å². The predicted octanol–water partition coefficient (Wildman–Crippen LogP) is 3.73. The molecule has 0 spiro atoms. The number of nitrogens with one attached hydrogen (secondary N) is 1. The van der Waals surface area contributed by atoms with Gasteiger partial charge in [0.1, 0.15) is 5.82 Å². The van der Waals surface area contributed by atoms with Crippen LogP contribution in [0.2, 0.25) is 0 Å². The number of benzene rings is 2. The first-order chi connectivity index (χ1) is 8.97. The molecule has 0 aliphatic rings. The Balaban J connectivity index is 2.25. The van der Waals surface area contributed by atoms with Crippen LogP contribution in [0.1, 0.15) is 15.9 Å². The Hall–Kier alpha value is -1.88. The highest BCUT2D eigenvalue weighted by Crippen LogP contribution is 2.20. The van der Waals surface area contributed by atoms with Gasteiger partial charge in [-0.1, -0.05) is 22.0 Å². The van der Waals surface area contributed by atoms with E-state index in [1.807, 2.05) is 6.92 Å². The molecule has 3 N–H and O–H groups in total. The summed E-state index contributed by atoms with van der Waals surface area (Å²) in [6.45, 7) is 1.87. The number of nitrogens with two attached hydrogens (primary N) is 1. The molecule has 2 rings (SSSR count). The molecule has 0 heterocycles. The van der Waals surface area contributed by atoms with Gasteiger partial charge in [-0.05, 0) is 42.8 Å². The van der Waals surface area contributed by atoms with Crippen LogP contribution in [0.4, 0.5) is 15.8 Å². The van der Waals surface area contributed by atoms with E-state index < -0.39 is 11.7 Å². The van der Waals surface area contributed by atoms with E-state index in [-0.39, 0.29) is 5.56 Å². The number of hydrogen-bond acceptors (Lipinski definition) is 2. The molecule has 5 heteroatoms. The fourth-order valence-electron chi connectivity index (χ4n) is 1.59. The average molecular weight is 323 g/mol. The summed E-state index contributed by atoms with van der Waals surface area (Å²) in [6.07, 6.45) is 0. The normalized spacial score (nSPS) is 10.3. The number of amides is 1. The SMILES string of the molecule is Cc1ccc(NC(=O)c2cc(Br)ccc2F)cc1N. The zero-order chi connectivity index (χ0) is 14.0. The highest BCUT2D eigenvalue weighted by Gasteiger charge is 2.12. The Labute approximate surface area is 118 Å². The first kappa shape index (κ1) is 13.5. The van der Waals surface area contributed by atoms with Crippen molar-refractivity contribution in [2.45, 2.75) is 6.92 Å². The Morgan fingerprint density at radius 3 is 2.68 bits per heavy atom. The Kier molecular flexibility index (Phi) is 3.85. The zero-order valence-electron chi connectivity index (χ0n) is 10.2. The minimum absolute atomic E-state index is 0.0199.